The van der Waals surface area contributed by atoms with E-state index in [9.17, 15) is 9.18 Å². The highest BCUT2D eigenvalue weighted by Gasteiger charge is 2.19. The molecule has 1 N–H and O–H groups in total. The summed E-state index contributed by atoms with van der Waals surface area (Å²) in [5.74, 6) is -0.688. The van der Waals surface area contributed by atoms with Crippen LogP contribution in [-0.2, 0) is 13.0 Å². The highest BCUT2D eigenvalue weighted by molar-refractivity contribution is 5.95. The Kier molecular flexibility index (Phi) is 4.86. The summed E-state index contributed by atoms with van der Waals surface area (Å²) in [6, 6.07) is 16.6. The third kappa shape index (κ3) is 3.83. The second-order valence-electron chi connectivity index (χ2n) is 7.14. The summed E-state index contributed by atoms with van der Waals surface area (Å²) in [7, 11) is 0. The van der Waals surface area contributed by atoms with Gasteiger partial charge in [-0.3, -0.25) is 9.69 Å². The monoisotopic (exact) mass is 363 g/mol. The minimum absolute atomic E-state index is 0.0270. The largest absolute Gasteiger partial charge is 0.347 e. The van der Waals surface area contributed by atoms with Crippen molar-refractivity contribution in [1.82, 2.24) is 15.2 Å². The quantitative estimate of drug-likeness (QED) is 0.771. The number of nitrogens with zero attached hydrogens (tertiary/aromatic N) is 2. The molecular formula is C22H22FN3O. The molecule has 0 bridgehead atoms. The minimum Gasteiger partial charge on any atom is -0.347 e. The predicted molar refractivity (Wildman–Crippen MR) is 104 cm³/mol. The fourth-order valence-electron chi connectivity index (χ4n) is 3.68. The van der Waals surface area contributed by atoms with Crippen LogP contribution in [0.25, 0.3) is 10.9 Å². The van der Waals surface area contributed by atoms with Crippen molar-refractivity contribution in [1.29, 1.82) is 0 Å². The zero-order valence-corrected chi connectivity index (χ0v) is 15.3. The SMILES string of the molecule is C[C@@H](CN1CCc2ccccc2C1)NC(=O)c1ccc2cccc(F)c2n1. The molecule has 4 rings (SSSR count). The number of amides is 1. The lowest BCUT2D eigenvalue weighted by molar-refractivity contribution is 0.0922. The molecule has 3 aromatic rings. The van der Waals surface area contributed by atoms with Crippen molar-refractivity contribution < 1.29 is 9.18 Å². The smallest absolute Gasteiger partial charge is 0.270 e. The zero-order valence-electron chi connectivity index (χ0n) is 15.3. The standard InChI is InChI=1S/C22H22FN3O/c1-15(13-26-12-11-16-5-2-3-6-18(16)14-26)24-22(27)20-10-9-17-7-4-8-19(23)21(17)25-20/h2-10,15H,11-14H2,1H3,(H,24,27)/t15-/m0/s1. The van der Waals surface area contributed by atoms with Crippen molar-refractivity contribution >= 4 is 16.8 Å². The molecule has 0 unspecified atom stereocenters. The Morgan fingerprint density at radius 2 is 1.96 bits per heavy atom. The molecule has 138 valence electrons. The summed E-state index contributed by atoms with van der Waals surface area (Å²) in [6.07, 6.45) is 1.03. The van der Waals surface area contributed by atoms with E-state index in [0.717, 1.165) is 26.1 Å². The minimum atomic E-state index is -0.415. The van der Waals surface area contributed by atoms with Gasteiger partial charge in [-0.25, -0.2) is 9.37 Å². The Hall–Kier alpha value is -2.79. The van der Waals surface area contributed by atoms with E-state index in [4.69, 9.17) is 0 Å². The summed E-state index contributed by atoms with van der Waals surface area (Å²) in [4.78, 5) is 19.1. The van der Waals surface area contributed by atoms with E-state index < -0.39 is 5.82 Å². The number of hydrogen-bond donors (Lipinski definition) is 1. The molecule has 1 aliphatic heterocycles. The van der Waals surface area contributed by atoms with Gasteiger partial charge in [-0.15, -0.1) is 0 Å². The number of rotatable bonds is 4. The molecular weight excluding hydrogens is 341 g/mol. The third-order valence-electron chi connectivity index (χ3n) is 5.02. The third-order valence-corrected chi connectivity index (χ3v) is 5.02. The Morgan fingerprint density at radius 3 is 2.81 bits per heavy atom. The number of carbonyl (C=O) groups is 1. The van der Waals surface area contributed by atoms with Crippen LogP contribution >= 0.6 is 0 Å². The van der Waals surface area contributed by atoms with Crippen molar-refractivity contribution in [2.75, 3.05) is 13.1 Å². The zero-order chi connectivity index (χ0) is 18.8. The van der Waals surface area contributed by atoms with Crippen molar-refractivity contribution in [3.05, 3.63) is 77.2 Å². The Morgan fingerprint density at radius 1 is 1.15 bits per heavy atom. The first-order chi connectivity index (χ1) is 13.1. The average Bonchev–Trinajstić information content (AvgIpc) is 2.68. The van der Waals surface area contributed by atoms with Crippen LogP contribution in [0.4, 0.5) is 4.39 Å². The molecule has 5 heteroatoms. The normalized spacial score (nSPS) is 15.3. The lowest BCUT2D eigenvalue weighted by atomic mass is 10.00. The van der Waals surface area contributed by atoms with Gasteiger partial charge in [0.2, 0.25) is 0 Å². The molecule has 2 heterocycles. The van der Waals surface area contributed by atoms with Gasteiger partial charge in [0, 0.05) is 31.1 Å². The van der Waals surface area contributed by atoms with Gasteiger partial charge in [-0.2, -0.15) is 0 Å². The van der Waals surface area contributed by atoms with E-state index in [-0.39, 0.29) is 23.2 Å². The summed E-state index contributed by atoms with van der Waals surface area (Å²) in [6.45, 7) is 4.63. The van der Waals surface area contributed by atoms with Gasteiger partial charge in [0.15, 0.2) is 0 Å². The Labute approximate surface area is 158 Å². The fourth-order valence-corrected chi connectivity index (χ4v) is 3.68. The number of carbonyl (C=O) groups excluding carboxylic acids is 1. The highest BCUT2D eigenvalue weighted by Crippen LogP contribution is 2.19. The highest BCUT2D eigenvalue weighted by atomic mass is 19.1. The summed E-state index contributed by atoms with van der Waals surface area (Å²) in [5, 5.41) is 3.67. The lowest BCUT2D eigenvalue weighted by Crippen LogP contribution is -2.43. The van der Waals surface area contributed by atoms with Crippen LogP contribution in [0.3, 0.4) is 0 Å². The number of hydrogen-bond acceptors (Lipinski definition) is 3. The number of pyridine rings is 1. The molecule has 4 nitrogen and oxygen atoms in total. The number of nitrogens with one attached hydrogen (secondary N) is 1. The van der Waals surface area contributed by atoms with Crippen LogP contribution in [0, 0.1) is 5.82 Å². The molecule has 0 spiro atoms. The average molecular weight is 363 g/mol. The van der Waals surface area contributed by atoms with Gasteiger partial charge in [-0.05, 0) is 36.6 Å². The van der Waals surface area contributed by atoms with Crippen LogP contribution in [0.15, 0.2) is 54.6 Å². The van der Waals surface area contributed by atoms with Crippen LogP contribution in [0.1, 0.15) is 28.5 Å². The van der Waals surface area contributed by atoms with E-state index in [1.807, 2.05) is 6.92 Å². The van der Waals surface area contributed by atoms with E-state index in [2.05, 4.69) is 39.5 Å². The first-order valence-corrected chi connectivity index (χ1v) is 9.25. The van der Waals surface area contributed by atoms with Crippen molar-refractivity contribution in [3.8, 4) is 0 Å². The van der Waals surface area contributed by atoms with E-state index in [1.165, 1.54) is 17.2 Å². The van der Waals surface area contributed by atoms with Gasteiger partial charge < -0.3 is 5.32 Å². The fraction of sp³-hybridized carbons (Fsp3) is 0.273. The first kappa shape index (κ1) is 17.6. The number of fused-ring (bicyclic) bond motifs is 2. The maximum Gasteiger partial charge on any atom is 0.270 e. The maximum atomic E-state index is 13.9. The van der Waals surface area contributed by atoms with Crippen LogP contribution < -0.4 is 5.32 Å². The molecule has 0 saturated heterocycles. The molecule has 1 aromatic heterocycles. The molecule has 0 fully saturated rings. The van der Waals surface area contributed by atoms with Crippen LogP contribution in [0.2, 0.25) is 0 Å². The molecule has 1 atom stereocenters. The Bertz CT molecular complexity index is 988. The number of halogens is 1. The second-order valence-corrected chi connectivity index (χ2v) is 7.14. The van der Waals surface area contributed by atoms with Crippen molar-refractivity contribution in [2.45, 2.75) is 25.9 Å². The van der Waals surface area contributed by atoms with Crippen molar-refractivity contribution in [2.24, 2.45) is 0 Å². The van der Waals surface area contributed by atoms with Gasteiger partial charge in [0.1, 0.15) is 17.0 Å². The summed E-state index contributed by atoms with van der Waals surface area (Å²) < 4.78 is 13.9. The molecule has 1 amide bonds. The van der Waals surface area contributed by atoms with E-state index >= 15 is 0 Å². The van der Waals surface area contributed by atoms with Crippen LogP contribution in [-0.4, -0.2) is 34.9 Å². The van der Waals surface area contributed by atoms with Crippen LogP contribution in [0.5, 0.6) is 0 Å². The molecule has 0 aliphatic carbocycles. The number of para-hydroxylation sites is 1. The number of benzene rings is 2. The van der Waals surface area contributed by atoms with Gasteiger partial charge in [0.25, 0.3) is 5.91 Å². The lowest BCUT2D eigenvalue weighted by Gasteiger charge is -2.31. The predicted octanol–water partition coefficient (Wildman–Crippen LogP) is 3.55. The first-order valence-electron chi connectivity index (χ1n) is 9.25. The van der Waals surface area contributed by atoms with Gasteiger partial charge >= 0.3 is 0 Å². The molecule has 27 heavy (non-hydrogen) atoms. The topological polar surface area (TPSA) is 45.2 Å². The van der Waals surface area contributed by atoms with E-state index in [1.54, 1.807) is 24.3 Å². The van der Waals surface area contributed by atoms with Crippen molar-refractivity contribution in [3.63, 3.8) is 0 Å². The maximum absolute atomic E-state index is 13.9. The van der Waals surface area contributed by atoms with E-state index in [0.29, 0.717) is 5.39 Å². The molecule has 0 saturated carbocycles. The number of aromatic nitrogens is 1. The molecule has 2 aromatic carbocycles. The van der Waals surface area contributed by atoms with Gasteiger partial charge in [0.05, 0.1) is 0 Å². The molecule has 1 aliphatic rings. The summed E-state index contributed by atoms with van der Waals surface area (Å²) >= 11 is 0. The second kappa shape index (κ2) is 7.45. The summed E-state index contributed by atoms with van der Waals surface area (Å²) in [5.41, 5.74) is 3.23. The Balaban J connectivity index is 1.40. The van der Waals surface area contributed by atoms with Gasteiger partial charge in [-0.1, -0.05) is 42.5 Å². The molecule has 0 radical (unpaired) electrons.